The average Bonchev–Trinajstić information content (AvgIpc) is 3.97. The van der Waals surface area contributed by atoms with Gasteiger partial charge in [-0.1, -0.05) is 173 Å². The first-order chi connectivity index (χ1) is 38.0. The van der Waals surface area contributed by atoms with Crippen molar-refractivity contribution in [3.63, 3.8) is 0 Å². The van der Waals surface area contributed by atoms with Crippen molar-refractivity contribution in [2.75, 3.05) is 92.5 Å². The zero-order valence-corrected chi connectivity index (χ0v) is 53.0. The maximum atomic E-state index is 15.3. The maximum Gasteiger partial charge on any atom is 0.208 e. The summed E-state index contributed by atoms with van der Waals surface area (Å²) in [6.07, 6.45) is 18.6. The topological polar surface area (TPSA) is 126 Å². The highest BCUT2D eigenvalue weighted by atomic mass is 32.1. The van der Waals surface area contributed by atoms with E-state index in [1.54, 1.807) is 0 Å². The quantitative estimate of drug-likeness (QED) is 0.0463. The molecule has 6 atom stereocenters. The van der Waals surface area contributed by atoms with Crippen molar-refractivity contribution in [2.45, 2.75) is 224 Å². The predicted molar refractivity (Wildman–Crippen MR) is 321 cm³/mol. The number of ketones is 2. The van der Waals surface area contributed by atoms with Crippen LogP contribution in [0, 0.1) is 34.5 Å². The molecule has 0 fully saturated rings. The zero-order chi connectivity index (χ0) is 57.0. The number of thiophene rings is 2. The van der Waals surface area contributed by atoms with Crippen molar-refractivity contribution in [1.29, 1.82) is 0 Å². The van der Waals surface area contributed by atoms with E-state index in [0.717, 1.165) is 89.9 Å². The lowest BCUT2D eigenvalue weighted by Crippen LogP contribution is -2.44. The molecule has 0 saturated carbocycles. The number of fused-ring (bicyclic) bond motifs is 2. The number of rotatable bonds is 45. The molecule has 0 aromatic carbocycles. The van der Waals surface area contributed by atoms with Crippen molar-refractivity contribution in [2.24, 2.45) is 34.5 Å². The van der Waals surface area contributed by atoms with Crippen LogP contribution in [0.15, 0.2) is 10.8 Å². The molecule has 452 valence electrons. The molecule has 2 aliphatic heterocycles. The number of unbranched alkanes of at least 4 members (excludes halogenated alkanes) is 6. The molecule has 12 nitrogen and oxygen atoms in total. The van der Waals surface area contributed by atoms with Crippen LogP contribution in [0.25, 0.3) is 0 Å². The van der Waals surface area contributed by atoms with E-state index in [0.29, 0.717) is 135 Å². The third-order valence-electron chi connectivity index (χ3n) is 15.6. The van der Waals surface area contributed by atoms with Gasteiger partial charge in [-0.15, -0.1) is 22.7 Å². The summed E-state index contributed by atoms with van der Waals surface area (Å²) in [5.74, 6) is 2.83. The molecule has 4 heterocycles. The summed E-state index contributed by atoms with van der Waals surface area (Å²) in [4.78, 5) is 31.3. The largest absolute Gasteiger partial charge is 0.488 e. The molecular weight excluding hydrogens is 1020 g/mol. The van der Waals surface area contributed by atoms with Crippen LogP contribution < -0.4 is 18.9 Å². The number of hydrogen-bond acceptors (Lipinski definition) is 14. The highest BCUT2D eigenvalue weighted by Gasteiger charge is 2.45. The minimum atomic E-state index is -1.27. The van der Waals surface area contributed by atoms with E-state index in [-0.39, 0.29) is 38.0 Å². The molecule has 2 aromatic rings. The van der Waals surface area contributed by atoms with Crippen molar-refractivity contribution in [1.82, 2.24) is 0 Å². The minimum absolute atomic E-state index is 0.234. The smallest absolute Gasteiger partial charge is 0.208 e. The molecule has 0 radical (unpaired) electrons. The van der Waals surface area contributed by atoms with Gasteiger partial charge in [0.25, 0.3) is 0 Å². The first-order valence-corrected chi connectivity index (χ1v) is 33.2. The van der Waals surface area contributed by atoms with Gasteiger partial charge in [0.1, 0.15) is 36.2 Å². The normalized spacial score (nSPS) is 19.4. The van der Waals surface area contributed by atoms with Crippen LogP contribution >= 0.6 is 22.7 Å². The van der Waals surface area contributed by atoms with E-state index < -0.39 is 23.0 Å². The number of ether oxygens (including phenoxy) is 10. The minimum Gasteiger partial charge on any atom is -0.488 e. The van der Waals surface area contributed by atoms with E-state index in [1.807, 2.05) is 24.6 Å². The highest BCUT2D eigenvalue weighted by Crippen LogP contribution is 2.45. The second-order valence-electron chi connectivity index (χ2n) is 22.4. The second-order valence-corrected chi connectivity index (χ2v) is 24.2. The van der Waals surface area contributed by atoms with E-state index in [1.165, 1.54) is 48.4 Å². The van der Waals surface area contributed by atoms with E-state index >= 15 is 9.59 Å². The molecule has 0 saturated heterocycles. The number of hydrogen-bond donors (Lipinski definition) is 0. The lowest BCUT2D eigenvalue weighted by molar-refractivity contribution is -0.0717. The number of Topliss-reactive ketones (excluding diaryl/α,β-unsaturated/α-hetero) is 2. The van der Waals surface area contributed by atoms with Gasteiger partial charge in [0.2, 0.25) is 11.6 Å². The van der Waals surface area contributed by atoms with Crippen LogP contribution in [0.5, 0.6) is 23.0 Å². The molecule has 0 N–H and O–H groups in total. The maximum absolute atomic E-state index is 15.3. The lowest BCUT2D eigenvalue weighted by atomic mass is 9.91. The van der Waals surface area contributed by atoms with Crippen molar-refractivity contribution in [3.05, 3.63) is 20.5 Å². The van der Waals surface area contributed by atoms with E-state index in [9.17, 15) is 0 Å². The molecular formula is C64H112O12S2. The van der Waals surface area contributed by atoms with Gasteiger partial charge in [0, 0.05) is 50.4 Å². The standard InChI is InChI=1S/C62H106O12S2.C2H6/c1-11-21-27-47(17-7)33-65-39-61(40-66-34-48(18-8)28-22-12-2)43-71-51-37-75-59(55(51)73-45-61)53(63)57(69-31-25-15-5)58(70-32-26-16-6)54(64)60-56-52(38-76-60)72-44-62(46-74-56,41-67-35-49(19-9)29-23-13-3)42-68-36-50(20-10)30-24-14-4;1-2/h37-38,47-50,57-58H,11-36,39-46H2,1-10H3;1-2H3. The Bertz CT molecular complexity index is 1670. The van der Waals surface area contributed by atoms with Gasteiger partial charge >= 0.3 is 0 Å². The molecule has 2 aliphatic rings. The molecule has 0 aliphatic carbocycles. The second kappa shape index (κ2) is 40.8. The Morgan fingerprint density at radius 1 is 0.449 bits per heavy atom. The van der Waals surface area contributed by atoms with Crippen LogP contribution in [0.1, 0.15) is 231 Å². The summed E-state index contributed by atoms with van der Waals surface area (Å²) in [6.45, 7) is 31.8. The Morgan fingerprint density at radius 3 is 1.00 bits per heavy atom. The molecule has 4 rings (SSSR count). The summed E-state index contributed by atoms with van der Waals surface area (Å²) >= 11 is 2.49. The summed E-state index contributed by atoms with van der Waals surface area (Å²) in [6, 6.07) is 0. The summed E-state index contributed by atoms with van der Waals surface area (Å²) < 4.78 is 66.0. The Kier molecular flexibility index (Phi) is 36.6. The first kappa shape index (κ1) is 70.0. The fourth-order valence-corrected chi connectivity index (χ4v) is 11.6. The third-order valence-corrected chi connectivity index (χ3v) is 17.5. The number of carbonyl (C=O) groups is 2. The van der Waals surface area contributed by atoms with Gasteiger partial charge in [-0.3, -0.25) is 9.59 Å². The Hall–Kier alpha value is -2.30. The lowest BCUT2D eigenvalue weighted by Gasteiger charge is -2.32. The van der Waals surface area contributed by atoms with E-state index in [2.05, 4.69) is 69.2 Å². The van der Waals surface area contributed by atoms with Crippen molar-refractivity contribution < 1.29 is 57.0 Å². The molecule has 6 unspecified atom stereocenters. The Morgan fingerprint density at radius 2 is 0.731 bits per heavy atom. The Balaban J connectivity index is 0.00000790. The van der Waals surface area contributed by atoms with Crippen LogP contribution in [0.3, 0.4) is 0 Å². The van der Waals surface area contributed by atoms with Crippen LogP contribution in [-0.2, 0) is 28.4 Å². The molecule has 0 bridgehead atoms. The summed E-state index contributed by atoms with van der Waals surface area (Å²) in [7, 11) is 0. The van der Waals surface area contributed by atoms with Crippen LogP contribution in [0.2, 0.25) is 0 Å². The summed E-state index contributed by atoms with van der Waals surface area (Å²) in [5.41, 5.74) is -1.23. The van der Waals surface area contributed by atoms with Crippen molar-refractivity contribution >= 4 is 34.2 Å². The molecule has 0 amide bonds. The van der Waals surface area contributed by atoms with Crippen molar-refractivity contribution in [3.8, 4) is 23.0 Å². The van der Waals surface area contributed by atoms with Gasteiger partial charge in [-0.25, -0.2) is 0 Å². The van der Waals surface area contributed by atoms with Crippen LogP contribution in [0.4, 0.5) is 0 Å². The molecule has 2 aromatic heterocycles. The average molecular weight is 1140 g/mol. The highest BCUT2D eigenvalue weighted by molar-refractivity contribution is 7.13. The van der Waals surface area contributed by atoms with E-state index in [4.69, 9.17) is 47.4 Å². The predicted octanol–water partition coefficient (Wildman–Crippen LogP) is 16.7. The van der Waals surface area contributed by atoms with Gasteiger partial charge in [-0.2, -0.15) is 0 Å². The van der Waals surface area contributed by atoms with Gasteiger partial charge < -0.3 is 47.4 Å². The fraction of sp³-hybridized carbons (Fsp3) is 0.844. The number of carbonyl (C=O) groups excluding carboxylic acids is 2. The zero-order valence-electron chi connectivity index (χ0n) is 51.4. The first-order valence-electron chi connectivity index (χ1n) is 31.4. The molecule has 14 heteroatoms. The van der Waals surface area contributed by atoms with Gasteiger partial charge in [0.05, 0.1) is 37.3 Å². The Labute approximate surface area is 483 Å². The summed E-state index contributed by atoms with van der Waals surface area (Å²) in [5, 5.41) is 3.67. The molecule has 0 spiro atoms. The monoisotopic (exact) mass is 1140 g/mol. The van der Waals surface area contributed by atoms with Crippen LogP contribution in [-0.4, -0.2) is 116 Å². The fourth-order valence-electron chi connectivity index (χ4n) is 9.82. The molecule has 78 heavy (non-hydrogen) atoms. The third kappa shape index (κ3) is 23.2. The van der Waals surface area contributed by atoms with Gasteiger partial charge in [0.15, 0.2) is 35.2 Å². The van der Waals surface area contributed by atoms with Gasteiger partial charge in [-0.05, 0) is 62.2 Å². The SMILES string of the molecule is CC.CCCCOC(C(=O)c1scc2c1OCC(COCC(CC)CCCC)(COCC(CC)CCCC)CO2)C(OCCCC)C(=O)c1scc2c1OCC(COCC(CC)CCCC)(COCC(CC)CCCC)CO2.